The van der Waals surface area contributed by atoms with Gasteiger partial charge in [0.1, 0.15) is 5.82 Å². The summed E-state index contributed by atoms with van der Waals surface area (Å²) in [4.78, 5) is 36.9. The van der Waals surface area contributed by atoms with Crippen LogP contribution in [0.2, 0.25) is 0 Å². The monoisotopic (exact) mass is 431 g/mol. The Kier molecular flexibility index (Phi) is 6.28. The maximum absolute atomic E-state index is 14.6. The van der Waals surface area contributed by atoms with Crippen molar-refractivity contribution < 1.29 is 28.0 Å². The van der Waals surface area contributed by atoms with Gasteiger partial charge in [-0.1, -0.05) is 30.3 Å². The number of halogens is 2. The molecule has 1 aliphatic rings. The molecular weight excluding hydrogens is 412 g/mol. The lowest BCUT2D eigenvalue weighted by atomic mass is 9.93. The molecule has 162 valence electrons. The largest absolute Gasteiger partial charge is 0.463 e. The summed E-state index contributed by atoms with van der Waals surface area (Å²) in [6, 6.07) is 7.97. The van der Waals surface area contributed by atoms with E-state index < -0.39 is 45.9 Å². The first-order chi connectivity index (χ1) is 14.7. The third kappa shape index (κ3) is 4.37. The first kappa shape index (κ1) is 21.9. The molecule has 1 atom stereocenters. The average molecular weight is 431 g/mol. The van der Waals surface area contributed by atoms with Crippen LogP contribution in [0.3, 0.4) is 0 Å². The summed E-state index contributed by atoms with van der Waals surface area (Å²) < 4.78 is 33.5. The van der Waals surface area contributed by atoms with Gasteiger partial charge in [-0.05, 0) is 19.4 Å². The predicted octanol–water partition coefficient (Wildman–Crippen LogP) is 3.98. The van der Waals surface area contributed by atoms with Gasteiger partial charge < -0.3 is 10.1 Å². The highest BCUT2D eigenvalue weighted by molar-refractivity contribution is 5.95. The summed E-state index contributed by atoms with van der Waals surface area (Å²) in [6.07, 6.45) is 0. The van der Waals surface area contributed by atoms with Gasteiger partial charge in [0.15, 0.2) is 0 Å². The first-order valence-corrected chi connectivity index (χ1v) is 9.37. The van der Waals surface area contributed by atoms with Crippen molar-refractivity contribution in [2.24, 2.45) is 0 Å². The van der Waals surface area contributed by atoms with Gasteiger partial charge in [-0.15, -0.1) is 0 Å². The van der Waals surface area contributed by atoms with Gasteiger partial charge in [-0.3, -0.25) is 15.0 Å². The predicted molar refractivity (Wildman–Crippen MR) is 106 cm³/mol. The molecule has 1 heterocycles. The number of amides is 2. The lowest BCUT2D eigenvalue weighted by Gasteiger charge is -2.35. The molecule has 1 aliphatic heterocycles. The summed E-state index contributed by atoms with van der Waals surface area (Å²) in [5, 5.41) is 13.6. The van der Waals surface area contributed by atoms with Crippen molar-refractivity contribution in [3.8, 4) is 0 Å². The molecule has 8 nitrogen and oxygen atoms in total. The minimum Gasteiger partial charge on any atom is -0.463 e. The number of benzene rings is 2. The van der Waals surface area contributed by atoms with E-state index >= 15 is 0 Å². The highest BCUT2D eigenvalue weighted by Gasteiger charge is 2.38. The Morgan fingerprint density at radius 1 is 1.23 bits per heavy atom. The van der Waals surface area contributed by atoms with Gasteiger partial charge in [0.05, 0.1) is 29.7 Å². The lowest BCUT2D eigenvalue weighted by Crippen LogP contribution is -2.47. The Hall–Kier alpha value is -3.82. The molecule has 0 radical (unpaired) electrons. The number of allylic oxidation sites excluding steroid dienone is 1. The maximum atomic E-state index is 14.6. The van der Waals surface area contributed by atoms with Gasteiger partial charge in [-0.2, -0.15) is 4.39 Å². The van der Waals surface area contributed by atoms with E-state index in [9.17, 15) is 28.5 Å². The molecule has 2 amide bonds. The van der Waals surface area contributed by atoms with E-state index in [0.29, 0.717) is 12.1 Å². The molecule has 0 saturated heterocycles. The summed E-state index contributed by atoms with van der Waals surface area (Å²) in [7, 11) is 0. The second-order valence-corrected chi connectivity index (χ2v) is 6.76. The van der Waals surface area contributed by atoms with Gasteiger partial charge >= 0.3 is 17.7 Å². The molecule has 31 heavy (non-hydrogen) atoms. The number of carbonyl (C=O) groups excluding carboxylic acids is 2. The fourth-order valence-electron chi connectivity index (χ4n) is 3.36. The van der Waals surface area contributed by atoms with Crippen LogP contribution >= 0.6 is 0 Å². The van der Waals surface area contributed by atoms with Crippen molar-refractivity contribution in [3.05, 3.63) is 86.6 Å². The smallest absolute Gasteiger partial charge is 0.338 e. The minimum atomic E-state index is -1.39. The van der Waals surface area contributed by atoms with E-state index in [-0.39, 0.29) is 24.4 Å². The molecule has 0 spiro atoms. The second kappa shape index (κ2) is 8.90. The number of rotatable bonds is 6. The van der Waals surface area contributed by atoms with E-state index in [1.54, 1.807) is 31.2 Å². The van der Waals surface area contributed by atoms with Crippen molar-refractivity contribution in [2.75, 3.05) is 6.61 Å². The quantitative estimate of drug-likeness (QED) is 0.424. The molecule has 2 aromatic carbocycles. The van der Waals surface area contributed by atoms with Crippen LogP contribution in [0.25, 0.3) is 0 Å². The van der Waals surface area contributed by atoms with Crippen LogP contribution in [0.1, 0.15) is 31.0 Å². The zero-order valence-corrected chi connectivity index (χ0v) is 16.7. The van der Waals surface area contributed by atoms with Crippen molar-refractivity contribution in [3.63, 3.8) is 0 Å². The Morgan fingerprint density at radius 3 is 2.52 bits per heavy atom. The number of nitrogens with zero attached hydrogens (tertiary/aromatic N) is 2. The number of urea groups is 1. The SMILES string of the molecule is CCOC(=O)C1=C(C)N(Cc2ccccc2)C(=O)NC1c1cc([N+](=O)[O-])c(F)cc1F. The van der Waals surface area contributed by atoms with E-state index in [0.717, 1.165) is 5.56 Å². The fraction of sp³-hybridized carbons (Fsp3) is 0.238. The van der Waals surface area contributed by atoms with Gasteiger partial charge in [0.25, 0.3) is 0 Å². The average Bonchev–Trinajstić information content (AvgIpc) is 2.71. The summed E-state index contributed by atoms with van der Waals surface area (Å²) >= 11 is 0. The second-order valence-electron chi connectivity index (χ2n) is 6.76. The molecule has 1 unspecified atom stereocenters. The third-order valence-corrected chi connectivity index (χ3v) is 4.85. The molecular formula is C21H19F2N3O5. The molecule has 0 aromatic heterocycles. The topological polar surface area (TPSA) is 102 Å². The van der Waals surface area contributed by atoms with E-state index in [1.807, 2.05) is 6.07 Å². The van der Waals surface area contributed by atoms with Crippen LogP contribution in [-0.2, 0) is 16.1 Å². The zero-order valence-electron chi connectivity index (χ0n) is 16.7. The van der Waals surface area contributed by atoms with E-state index in [1.165, 1.54) is 11.8 Å². The summed E-state index contributed by atoms with van der Waals surface area (Å²) in [5.41, 5.74) is -0.511. The molecule has 3 rings (SSSR count). The number of nitrogens with one attached hydrogen (secondary N) is 1. The molecule has 0 aliphatic carbocycles. The van der Waals surface area contributed by atoms with Crippen molar-refractivity contribution in [1.29, 1.82) is 0 Å². The molecule has 0 bridgehead atoms. The molecule has 0 fully saturated rings. The van der Waals surface area contributed by atoms with Crippen molar-refractivity contribution in [2.45, 2.75) is 26.4 Å². The molecule has 2 aromatic rings. The number of nitro benzene ring substituents is 1. The first-order valence-electron chi connectivity index (χ1n) is 9.37. The molecule has 10 heteroatoms. The Balaban J connectivity index is 2.13. The number of carbonyl (C=O) groups is 2. The van der Waals surface area contributed by atoms with Crippen LogP contribution in [0, 0.1) is 21.7 Å². The van der Waals surface area contributed by atoms with Crippen LogP contribution in [-0.4, -0.2) is 28.4 Å². The lowest BCUT2D eigenvalue weighted by molar-refractivity contribution is -0.387. The van der Waals surface area contributed by atoms with E-state index in [4.69, 9.17) is 4.74 Å². The fourth-order valence-corrected chi connectivity index (χ4v) is 3.36. The Labute approximate surface area is 176 Å². The van der Waals surface area contributed by atoms with Crippen molar-refractivity contribution >= 4 is 17.7 Å². The van der Waals surface area contributed by atoms with Gasteiger partial charge in [0.2, 0.25) is 5.82 Å². The highest BCUT2D eigenvalue weighted by atomic mass is 19.1. The molecule has 1 N–H and O–H groups in total. The van der Waals surface area contributed by atoms with Gasteiger partial charge in [0, 0.05) is 23.4 Å². The van der Waals surface area contributed by atoms with Gasteiger partial charge in [-0.25, -0.2) is 14.0 Å². The minimum absolute atomic E-state index is 0.0149. The number of ether oxygens (including phenoxy) is 1. The zero-order chi connectivity index (χ0) is 22.7. The van der Waals surface area contributed by atoms with E-state index in [2.05, 4.69) is 5.32 Å². The standard InChI is InChI=1S/C21H19F2N3O5/c1-3-31-20(27)18-12(2)25(11-13-7-5-4-6-8-13)21(28)24-19(18)14-9-17(26(29)30)16(23)10-15(14)22/h4-10,19H,3,11H2,1-2H3,(H,24,28). The number of nitro groups is 1. The van der Waals surface area contributed by atoms with Crippen LogP contribution in [0.4, 0.5) is 19.3 Å². The van der Waals surface area contributed by atoms with Crippen LogP contribution in [0.15, 0.2) is 53.7 Å². The van der Waals surface area contributed by atoms with Crippen LogP contribution < -0.4 is 5.32 Å². The number of hydrogen-bond donors (Lipinski definition) is 1. The molecule has 0 saturated carbocycles. The Morgan fingerprint density at radius 2 is 1.90 bits per heavy atom. The van der Waals surface area contributed by atoms with Crippen molar-refractivity contribution in [1.82, 2.24) is 10.2 Å². The number of esters is 1. The normalized spacial score (nSPS) is 16.2. The summed E-state index contributed by atoms with van der Waals surface area (Å²) in [6.45, 7) is 3.22. The highest BCUT2D eigenvalue weighted by Crippen LogP contribution is 2.35. The third-order valence-electron chi connectivity index (χ3n) is 4.85. The van der Waals surface area contributed by atoms with Crippen LogP contribution in [0.5, 0.6) is 0 Å². The maximum Gasteiger partial charge on any atom is 0.338 e. The summed E-state index contributed by atoms with van der Waals surface area (Å²) in [5.74, 6) is -3.33. The Bertz CT molecular complexity index is 1070. The number of hydrogen-bond acceptors (Lipinski definition) is 5.